The van der Waals surface area contributed by atoms with Gasteiger partial charge in [-0.05, 0) is 24.6 Å². The van der Waals surface area contributed by atoms with Crippen molar-refractivity contribution in [3.63, 3.8) is 0 Å². The van der Waals surface area contributed by atoms with Gasteiger partial charge in [0.15, 0.2) is 52.4 Å². The summed E-state index contributed by atoms with van der Waals surface area (Å²) in [7, 11) is 0. The van der Waals surface area contributed by atoms with E-state index in [1.807, 2.05) is 6.07 Å². The highest BCUT2D eigenvalue weighted by Crippen LogP contribution is 2.32. The van der Waals surface area contributed by atoms with E-state index >= 15 is 8.78 Å². The van der Waals surface area contributed by atoms with Crippen molar-refractivity contribution in [1.29, 1.82) is 15.8 Å². The van der Waals surface area contributed by atoms with Gasteiger partial charge in [0, 0.05) is 0 Å². The number of halogens is 4. The lowest BCUT2D eigenvalue weighted by Crippen LogP contribution is -2.23. The SMILES string of the molecule is [C-]#[N+]c1cccc2c1=N/C(=C(\C#N)c1nc(/C(C#N)=C3\N=c4cccc(C)c4=N3)nc(-c3c(F)c(F)c(C#N)c(F)c3F)n1)N=2. The Morgan fingerprint density at radius 1 is 0.711 bits per heavy atom. The summed E-state index contributed by atoms with van der Waals surface area (Å²) in [5.41, 5.74) is -3.05. The number of para-hydroxylation sites is 2. The predicted octanol–water partition coefficient (Wildman–Crippen LogP) is 3.12. The molecule has 0 radical (unpaired) electrons. The van der Waals surface area contributed by atoms with E-state index in [1.165, 1.54) is 12.1 Å². The predicted molar refractivity (Wildman–Crippen MR) is 143 cm³/mol. The first-order chi connectivity index (χ1) is 21.7. The summed E-state index contributed by atoms with van der Waals surface area (Å²) in [5, 5.41) is 30.4. The van der Waals surface area contributed by atoms with E-state index in [9.17, 15) is 19.3 Å². The molecule has 0 fully saturated rings. The molecule has 0 bridgehead atoms. The Morgan fingerprint density at radius 3 is 1.76 bits per heavy atom. The normalized spacial score (nSPS) is 14.6. The molecule has 2 aliphatic heterocycles. The number of benzene rings is 3. The Balaban J connectivity index is 1.69. The molecule has 0 aliphatic carbocycles. The van der Waals surface area contributed by atoms with Gasteiger partial charge in [0.25, 0.3) is 0 Å². The van der Waals surface area contributed by atoms with Crippen molar-refractivity contribution in [1.82, 2.24) is 15.0 Å². The molecule has 0 saturated carbocycles. The maximum absolute atomic E-state index is 15.2. The molecule has 0 saturated heterocycles. The minimum atomic E-state index is -2.01. The Labute approximate surface area is 248 Å². The number of hydrogen-bond donors (Lipinski definition) is 0. The zero-order valence-corrected chi connectivity index (χ0v) is 22.4. The molecule has 0 spiro atoms. The van der Waals surface area contributed by atoms with Crippen LogP contribution in [0.5, 0.6) is 0 Å². The van der Waals surface area contributed by atoms with Crippen molar-refractivity contribution in [3.05, 3.63) is 127 Å². The lowest BCUT2D eigenvalue weighted by atomic mass is 10.1. The number of rotatable bonds is 3. The first kappa shape index (κ1) is 28.2. The fourth-order valence-electron chi connectivity index (χ4n) is 4.44. The van der Waals surface area contributed by atoms with Gasteiger partial charge in [-0.3, -0.25) is 0 Å². The minimum absolute atomic E-state index is 0.115. The number of fused-ring (bicyclic) bond motifs is 2. The second kappa shape index (κ2) is 10.7. The molecule has 0 unspecified atom stereocenters. The van der Waals surface area contributed by atoms with E-state index in [0.29, 0.717) is 16.3 Å². The molecule has 6 rings (SSSR count). The van der Waals surface area contributed by atoms with Crippen LogP contribution in [0.15, 0.2) is 68.0 Å². The fourth-order valence-corrected chi connectivity index (χ4v) is 4.44. The van der Waals surface area contributed by atoms with Crippen molar-refractivity contribution < 1.29 is 17.6 Å². The van der Waals surface area contributed by atoms with Crippen LogP contribution in [0.3, 0.4) is 0 Å². The standard InChI is InChI=1S/C30H9F4N11/c1-12-5-3-7-17-24(12)41-26(39-17)14(10-36)28-43-29(15(11-37)27-40-18-8-4-6-16(38-2)25(18)42-27)45-30(44-28)19-22(33)20(31)13(9-35)21(32)23(19)34/h3-8H,1H3/b26-14+,27-15+. The molecule has 1 aromatic heterocycles. The summed E-state index contributed by atoms with van der Waals surface area (Å²) in [6.45, 7) is 9.12. The minimum Gasteiger partial charge on any atom is -0.237 e. The van der Waals surface area contributed by atoms with Crippen molar-refractivity contribution in [2.75, 3.05) is 0 Å². The Hall–Kier alpha value is -6.97. The maximum Gasteiger partial charge on any atom is 0.214 e. The highest BCUT2D eigenvalue weighted by atomic mass is 19.2. The molecule has 0 N–H and O–H groups in total. The summed E-state index contributed by atoms with van der Waals surface area (Å²) in [6, 6.07) is 14.3. The number of aryl methyl sites for hydroxylation is 1. The quantitative estimate of drug-likeness (QED) is 0.152. The number of aromatic nitrogens is 3. The van der Waals surface area contributed by atoms with E-state index in [2.05, 4.69) is 39.8 Å². The first-order valence-corrected chi connectivity index (χ1v) is 12.5. The second-order valence-electron chi connectivity index (χ2n) is 9.19. The van der Waals surface area contributed by atoms with Gasteiger partial charge in [-0.15, -0.1) is 0 Å². The van der Waals surface area contributed by atoms with Gasteiger partial charge in [0.2, 0.25) is 5.69 Å². The van der Waals surface area contributed by atoms with Gasteiger partial charge in [0.05, 0.1) is 33.6 Å². The number of nitriles is 3. The van der Waals surface area contributed by atoms with E-state index in [4.69, 9.17) is 11.8 Å². The van der Waals surface area contributed by atoms with Crippen LogP contribution in [0.1, 0.15) is 22.8 Å². The molecule has 3 aromatic carbocycles. The first-order valence-electron chi connectivity index (χ1n) is 12.5. The molecule has 0 atom stereocenters. The van der Waals surface area contributed by atoms with Crippen LogP contribution in [0.25, 0.3) is 27.4 Å². The van der Waals surface area contributed by atoms with Gasteiger partial charge in [-0.1, -0.05) is 24.3 Å². The zero-order valence-electron chi connectivity index (χ0n) is 22.4. The van der Waals surface area contributed by atoms with Gasteiger partial charge in [0.1, 0.15) is 34.9 Å². The van der Waals surface area contributed by atoms with Crippen molar-refractivity contribution >= 4 is 16.8 Å². The number of nitrogens with zero attached hydrogens (tertiary/aromatic N) is 11. The van der Waals surface area contributed by atoms with Gasteiger partial charge in [-0.25, -0.2) is 57.3 Å². The Morgan fingerprint density at radius 2 is 1.24 bits per heavy atom. The molecule has 15 heteroatoms. The molecular formula is C30H9F4N11. The number of allylic oxidation sites excluding steroid dienone is 2. The molecule has 212 valence electrons. The van der Waals surface area contributed by atoms with Crippen molar-refractivity contribution in [2.45, 2.75) is 6.92 Å². The third-order valence-corrected chi connectivity index (χ3v) is 6.57. The Kier molecular flexibility index (Phi) is 6.70. The summed E-state index contributed by atoms with van der Waals surface area (Å²) in [5.74, 6) is -10.8. The largest absolute Gasteiger partial charge is 0.237 e. The van der Waals surface area contributed by atoms with Crippen LogP contribution in [0, 0.1) is 70.8 Å². The average molecular weight is 599 g/mol. The van der Waals surface area contributed by atoms with E-state index in [0.717, 1.165) is 6.07 Å². The van der Waals surface area contributed by atoms with Gasteiger partial charge < -0.3 is 0 Å². The van der Waals surface area contributed by atoms with Crippen LogP contribution >= 0.6 is 0 Å². The zero-order chi connectivity index (χ0) is 32.0. The third-order valence-electron chi connectivity index (χ3n) is 6.57. The molecule has 0 amide bonds. The summed E-state index contributed by atoms with van der Waals surface area (Å²) < 4.78 is 59.7. The van der Waals surface area contributed by atoms with E-state index in [1.54, 1.807) is 37.3 Å². The van der Waals surface area contributed by atoms with E-state index in [-0.39, 0.29) is 28.0 Å². The highest BCUT2D eigenvalue weighted by Gasteiger charge is 2.30. The summed E-state index contributed by atoms with van der Waals surface area (Å²) >= 11 is 0. The molecule has 45 heavy (non-hydrogen) atoms. The van der Waals surface area contributed by atoms with Crippen LogP contribution < -0.4 is 21.4 Å². The number of hydrogen-bond acceptors (Lipinski definition) is 10. The van der Waals surface area contributed by atoms with Crippen LogP contribution in [-0.2, 0) is 0 Å². The van der Waals surface area contributed by atoms with Crippen LogP contribution in [0.4, 0.5) is 23.2 Å². The van der Waals surface area contributed by atoms with Crippen molar-refractivity contribution in [3.8, 4) is 29.6 Å². The lowest BCUT2D eigenvalue weighted by Gasteiger charge is -2.10. The molecule has 3 heterocycles. The fraction of sp³-hybridized carbons (Fsp3) is 0.0333. The van der Waals surface area contributed by atoms with Crippen LogP contribution in [0.2, 0.25) is 0 Å². The van der Waals surface area contributed by atoms with Gasteiger partial charge >= 0.3 is 0 Å². The molecule has 2 aliphatic rings. The molecule has 4 aromatic rings. The molecule has 11 nitrogen and oxygen atoms in total. The third kappa shape index (κ3) is 4.45. The monoisotopic (exact) mass is 599 g/mol. The second-order valence-corrected chi connectivity index (χ2v) is 9.19. The van der Waals surface area contributed by atoms with Crippen molar-refractivity contribution in [2.24, 2.45) is 20.0 Å². The average Bonchev–Trinajstić information content (AvgIpc) is 3.67. The smallest absolute Gasteiger partial charge is 0.214 e. The summed E-state index contributed by atoms with van der Waals surface area (Å²) in [6.07, 6.45) is 0. The lowest BCUT2D eigenvalue weighted by molar-refractivity contribution is 0.453. The van der Waals surface area contributed by atoms with Gasteiger partial charge in [-0.2, -0.15) is 15.8 Å². The molecular weight excluding hydrogens is 590 g/mol. The topological polar surface area (TPSA) is 164 Å². The Bertz CT molecular complexity index is 2520. The van der Waals surface area contributed by atoms with E-state index < -0.39 is 63.0 Å². The van der Waals surface area contributed by atoms with Crippen LogP contribution in [-0.4, -0.2) is 15.0 Å². The summed E-state index contributed by atoms with van der Waals surface area (Å²) in [4.78, 5) is 32.5. The highest BCUT2D eigenvalue weighted by molar-refractivity contribution is 5.80. The maximum atomic E-state index is 15.2.